The van der Waals surface area contributed by atoms with Crippen LogP contribution in [0.15, 0.2) is 35.8 Å². The third-order valence-electron chi connectivity index (χ3n) is 3.68. The fourth-order valence-corrected chi connectivity index (χ4v) is 3.18. The largest absolute Gasteiger partial charge is 0.494 e. The number of hydrogen-bond donors (Lipinski definition) is 0. The second-order valence-electron chi connectivity index (χ2n) is 5.24. The van der Waals surface area contributed by atoms with Gasteiger partial charge in [0.25, 0.3) is 0 Å². The number of likely N-dealkylation sites (N-methyl/N-ethyl adjacent to an activating group) is 1. The summed E-state index contributed by atoms with van der Waals surface area (Å²) in [7, 11) is 3.80. The van der Waals surface area contributed by atoms with Gasteiger partial charge in [-0.15, -0.1) is 11.3 Å². The van der Waals surface area contributed by atoms with Gasteiger partial charge in [0, 0.05) is 48.4 Å². The normalized spacial score (nSPS) is 10.9. The Bertz CT molecular complexity index is 771. The summed E-state index contributed by atoms with van der Waals surface area (Å²) in [6, 6.07) is 8.19. The van der Waals surface area contributed by atoms with E-state index in [9.17, 15) is 0 Å². The van der Waals surface area contributed by atoms with Gasteiger partial charge in [-0.05, 0) is 19.1 Å². The van der Waals surface area contributed by atoms with Gasteiger partial charge in [0.1, 0.15) is 11.3 Å². The summed E-state index contributed by atoms with van der Waals surface area (Å²) >= 11 is 1.70. The van der Waals surface area contributed by atoms with Crippen LogP contribution in [0.5, 0.6) is 5.75 Å². The summed E-state index contributed by atoms with van der Waals surface area (Å²) in [5.41, 5.74) is 3.09. The molecule has 3 rings (SSSR count). The van der Waals surface area contributed by atoms with Crippen molar-refractivity contribution in [2.24, 2.45) is 0 Å². The van der Waals surface area contributed by atoms with Crippen LogP contribution < -0.4 is 9.64 Å². The standard InChI is InChI=1S/C17H19N3OS/c1-12-11-14(20(2)9-7-16-18-8-10-22-16)13-5-4-6-15(21-3)17(13)19-12/h4-6,8,10-11H,7,9H2,1-3H3. The van der Waals surface area contributed by atoms with E-state index in [1.54, 1.807) is 18.4 Å². The van der Waals surface area contributed by atoms with Gasteiger partial charge in [-0.25, -0.2) is 9.97 Å². The highest BCUT2D eigenvalue weighted by atomic mass is 32.1. The first kappa shape index (κ1) is 14.8. The first-order valence-corrected chi connectivity index (χ1v) is 8.11. The number of aryl methyl sites for hydroxylation is 1. The van der Waals surface area contributed by atoms with Gasteiger partial charge in [-0.2, -0.15) is 0 Å². The second-order valence-corrected chi connectivity index (χ2v) is 6.22. The van der Waals surface area contributed by atoms with Crippen molar-refractivity contribution in [3.8, 4) is 5.75 Å². The Morgan fingerprint density at radius 1 is 1.32 bits per heavy atom. The molecular formula is C17H19N3OS. The molecule has 0 N–H and O–H groups in total. The number of benzene rings is 1. The molecule has 0 aliphatic rings. The van der Waals surface area contributed by atoms with E-state index in [1.807, 2.05) is 30.6 Å². The molecule has 0 aliphatic carbocycles. The Morgan fingerprint density at radius 3 is 2.91 bits per heavy atom. The summed E-state index contributed by atoms with van der Waals surface area (Å²) in [5, 5.41) is 4.30. The van der Waals surface area contributed by atoms with Crippen LogP contribution in [0.1, 0.15) is 10.7 Å². The van der Waals surface area contributed by atoms with Crippen molar-refractivity contribution in [3.05, 3.63) is 46.5 Å². The molecule has 0 saturated heterocycles. The number of aromatic nitrogens is 2. The zero-order chi connectivity index (χ0) is 15.5. The molecule has 4 nitrogen and oxygen atoms in total. The van der Waals surface area contributed by atoms with E-state index in [-0.39, 0.29) is 0 Å². The van der Waals surface area contributed by atoms with Crippen molar-refractivity contribution < 1.29 is 4.74 Å². The van der Waals surface area contributed by atoms with E-state index in [4.69, 9.17) is 4.74 Å². The summed E-state index contributed by atoms with van der Waals surface area (Å²) in [6.45, 7) is 2.94. The summed E-state index contributed by atoms with van der Waals surface area (Å²) in [6.07, 6.45) is 2.80. The smallest absolute Gasteiger partial charge is 0.145 e. The fourth-order valence-electron chi connectivity index (χ4n) is 2.57. The number of rotatable bonds is 5. The number of anilines is 1. The zero-order valence-electron chi connectivity index (χ0n) is 13.0. The molecular weight excluding hydrogens is 294 g/mol. The first-order valence-electron chi connectivity index (χ1n) is 7.23. The summed E-state index contributed by atoms with van der Waals surface area (Å²) in [5.74, 6) is 0.816. The average molecular weight is 313 g/mol. The number of para-hydroxylation sites is 1. The molecule has 2 aromatic heterocycles. The molecule has 0 bridgehead atoms. The van der Waals surface area contributed by atoms with Crippen LogP contribution in [0.4, 0.5) is 5.69 Å². The highest BCUT2D eigenvalue weighted by molar-refractivity contribution is 7.09. The number of pyridine rings is 1. The van der Waals surface area contributed by atoms with Gasteiger partial charge < -0.3 is 9.64 Å². The SMILES string of the molecule is COc1cccc2c(N(C)CCc3nccs3)cc(C)nc12. The maximum atomic E-state index is 5.45. The molecule has 0 amide bonds. The number of ether oxygens (including phenoxy) is 1. The highest BCUT2D eigenvalue weighted by Gasteiger charge is 2.12. The molecule has 3 aromatic rings. The lowest BCUT2D eigenvalue weighted by molar-refractivity contribution is 0.419. The van der Waals surface area contributed by atoms with Crippen molar-refractivity contribution in [2.75, 3.05) is 25.6 Å². The molecule has 22 heavy (non-hydrogen) atoms. The molecule has 2 heterocycles. The van der Waals surface area contributed by atoms with Crippen molar-refractivity contribution >= 4 is 27.9 Å². The molecule has 0 aliphatic heterocycles. The summed E-state index contributed by atoms with van der Waals surface area (Å²) < 4.78 is 5.45. The van der Waals surface area contributed by atoms with E-state index in [0.717, 1.165) is 35.3 Å². The third kappa shape index (κ3) is 2.90. The molecule has 0 atom stereocenters. The molecule has 0 fully saturated rings. The lowest BCUT2D eigenvalue weighted by Crippen LogP contribution is -2.20. The minimum Gasteiger partial charge on any atom is -0.494 e. The van der Waals surface area contributed by atoms with Crippen LogP contribution in [0, 0.1) is 6.92 Å². The van der Waals surface area contributed by atoms with Gasteiger partial charge in [0.15, 0.2) is 0 Å². The van der Waals surface area contributed by atoms with Crippen LogP contribution in [0.2, 0.25) is 0 Å². The van der Waals surface area contributed by atoms with Crippen LogP contribution in [-0.4, -0.2) is 30.7 Å². The van der Waals surface area contributed by atoms with Crippen LogP contribution in [-0.2, 0) is 6.42 Å². The predicted molar refractivity (Wildman–Crippen MR) is 92.1 cm³/mol. The fraction of sp³-hybridized carbons (Fsp3) is 0.294. The van der Waals surface area contributed by atoms with E-state index in [0.29, 0.717) is 0 Å². The Hall–Kier alpha value is -2.14. The molecule has 1 aromatic carbocycles. The Morgan fingerprint density at radius 2 is 2.18 bits per heavy atom. The molecule has 0 spiro atoms. The van der Waals surface area contributed by atoms with Crippen molar-refractivity contribution in [3.63, 3.8) is 0 Å². The van der Waals surface area contributed by atoms with Gasteiger partial charge in [-0.1, -0.05) is 12.1 Å². The van der Waals surface area contributed by atoms with Crippen LogP contribution in [0.25, 0.3) is 10.9 Å². The van der Waals surface area contributed by atoms with Gasteiger partial charge >= 0.3 is 0 Å². The highest BCUT2D eigenvalue weighted by Crippen LogP contribution is 2.31. The Kier molecular flexibility index (Phi) is 4.24. The van der Waals surface area contributed by atoms with Crippen molar-refractivity contribution in [1.82, 2.24) is 9.97 Å². The monoisotopic (exact) mass is 313 g/mol. The Balaban J connectivity index is 1.95. The predicted octanol–water partition coefficient (Wildman–Crippen LogP) is 3.69. The van der Waals surface area contributed by atoms with Crippen molar-refractivity contribution in [1.29, 1.82) is 0 Å². The van der Waals surface area contributed by atoms with Crippen molar-refractivity contribution in [2.45, 2.75) is 13.3 Å². The van der Waals surface area contributed by atoms with Gasteiger partial charge in [-0.3, -0.25) is 0 Å². The topological polar surface area (TPSA) is 38.2 Å². The number of hydrogen-bond acceptors (Lipinski definition) is 5. The molecule has 0 saturated carbocycles. The third-order valence-corrected chi connectivity index (χ3v) is 4.52. The lowest BCUT2D eigenvalue weighted by Gasteiger charge is -2.21. The first-order chi connectivity index (χ1) is 10.7. The van der Waals surface area contributed by atoms with E-state index < -0.39 is 0 Å². The molecule has 5 heteroatoms. The quantitative estimate of drug-likeness (QED) is 0.720. The summed E-state index contributed by atoms with van der Waals surface area (Å²) in [4.78, 5) is 11.2. The number of nitrogens with zero attached hydrogens (tertiary/aromatic N) is 3. The minimum absolute atomic E-state index is 0.816. The minimum atomic E-state index is 0.816. The number of fused-ring (bicyclic) bond motifs is 1. The Labute approximate surface area is 134 Å². The maximum absolute atomic E-state index is 5.45. The van der Waals surface area contributed by atoms with E-state index >= 15 is 0 Å². The van der Waals surface area contributed by atoms with Crippen LogP contribution >= 0.6 is 11.3 Å². The average Bonchev–Trinajstić information content (AvgIpc) is 3.04. The van der Waals surface area contributed by atoms with E-state index in [1.165, 1.54) is 10.7 Å². The maximum Gasteiger partial charge on any atom is 0.145 e. The second kappa shape index (κ2) is 6.32. The van der Waals surface area contributed by atoms with Gasteiger partial charge in [0.05, 0.1) is 12.1 Å². The molecule has 0 unspecified atom stereocenters. The lowest BCUT2D eigenvalue weighted by atomic mass is 10.1. The number of thiazole rings is 1. The van der Waals surface area contributed by atoms with Crippen LogP contribution in [0.3, 0.4) is 0 Å². The zero-order valence-corrected chi connectivity index (χ0v) is 13.9. The molecule has 0 radical (unpaired) electrons. The molecule has 114 valence electrons. The van der Waals surface area contributed by atoms with Gasteiger partial charge in [0.2, 0.25) is 0 Å². The number of methoxy groups -OCH3 is 1. The van der Waals surface area contributed by atoms with E-state index in [2.05, 4.69) is 34.0 Å².